The van der Waals surface area contributed by atoms with Crippen LogP contribution in [0.2, 0.25) is 0 Å². The van der Waals surface area contributed by atoms with E-state index in [2.05, 4.69) is 0 Å². The Labute approximate surface area is 149 Å². The van der Waals surface area contributed by atoms with E-state index >= 15 is 0 Å². The summed E-state index contributed by atoms with van der Waals surface area (Å²) in [5.41, 5.74) is -1.12. The van der Waals surface area contributed by atoms with Gasteiger partial charge in [0.2, 0.25) is 0 Å². The highest BCUT2D eigenvalue weighted by molar-refractivity contribution is 5.87. The molecule has 0 radical (unpaired) electrons. The van der Waals surface area contributed by atoms with Crippen molar-refractivity contribution in [3.8, 4) is 0 Å². The van der Waals surface area contributed by atoms with Crippen LogP contribution in [0.4, 0.5) is 0 Å². The molecule has 0 aromatic rings. The maximum atomic E-state index is 12.8. The number of ketones is 1. The Bertz CT molecular complexity index is 488. The number of aliphatic hydroxyl groups is 2. The first kappa shape index (κ1) is 20.3. The van der Waals surface area contributed by atoms with Gasteiger partial charge in [0.1, 0.15) is 5.78 Å². The lowest BCUT2D eigenvalue weighted by atomic mass is 9.73. The van der Waals surface area contributed by atoms with Crippen molar-refractivity contribution >= 4 is 11.8 Å². The van der Waals surface area contributed by atoms with Crippen molar-refractivity contribution in [1.29, 1.82) is 0 Å². The van der Waals surface area contributed by atoms with Crippen LogP contribution < -0.4 is 0 Å². The third kappa shape index (κ3) is 5.02. The summed E-state index contributed by atoms with van der Waals surface area (Å²) in [6, 6.07) is 0. The SMILES string of the molecule is CC1CCCC2OC2CCOC(=O)CC(O)C(C)(C)C(=O)C(C)C1O. The maximum absolute atomic E-state index is 12.8. The lowest BCUT2D eigenvalue weighted by molar-refractivity contribution is -0.151. The van der Waals surface area contributed by atoms with E-state index < -0.39 is 29.5 Å². The third-order valence-corrected chi connectivity index (χ3v) is 5.84. The summed E-state index contributed by atoms with van der Waals surface area (Å²) in [6.45, 7) is 7.15. The van der Waals surface area contributed by atoms with Gasteiger partial charge in [0, 0.05) is 12.3 Å². The van der Waals surface area contributed by atoms with E-state index in [0.29, 0.717) is 6.42 Å². The van der Waals surface area contributed by atoms with Crippen molar-refractivity contribution in [3.05, 3.63) is 0 Å². The molecule has 0 amide bonds. The van der Waals surface area contributed by atoms with Gasteiger partial charge in [-0.2, -0.15) is 0 Å². The molecule has 2 aliphatic rings. The fraction of sp³-hybridized carbons (Fsp3) is 0.895. The molecule has 2 saturated heterocycles. The zero-order chi connectivity index (χ0) is 18.8. The Hall–Kier alpha value is -0.980. The molecular weight excluding hydrogens is 324 g/mol. The summed E-state index contributed by atoms with van der Waals surface area (Å²) in [6.07, 6.45) is 1.53. The Morgan fingerprint density at radius 3 is 2.36 bits per heavy atom. The van der Waals surface area contributed by atoms with Gasteiger partial charge in [-0.05, 0) is 18.8 Å². The molecule has 6 unspecified atom stereocenters. The molecule has 6 nitrogen and oxygen atoms in total. The molecule has 6 atom stereocenters. The number of rotatable bonds is 0. The molecule has 6 heteroatoms. The number of ether oxygens (including phenoxy) is 2. The van der Waals surface area contributed by atoms with Gasteiger partial charge in [-0.25, -0.2) is 0 Å². The number of cyclic esters (lactones) is 1. The summed E-state index contributed by atoms with van der Waals surface area (Å²) in [7, 11) is 0. The first-order valence-corrected chi connectivity index (χ1v) is 9.36. The van der Waals surface area contributed by atoms with Crippen LogP contribution >= 0.6 is 0 Å². The maximum Gasteiger partial charge on any atom is 0.308 e. The molecule has 2 rings (SSSR count). The number of hydrogen-bond acceptors (Lipinski definition) is 6. The first-order chi connectivity index (χ1) is 11.6. The Morgan fingerprint density at radius 1 is 1.04 bits per heavy atom. The predicted octanol–water partition coefficient (Wildman–Crippen LogP) is 1.85. The Balaban J connectivity index is 2.09. The summed E-state index contributed by atoms with van der Waals surface area (Å²) >= 11 is 0. The van der Waals surface area contributed by atoms with E-state index in [1.165, 1.54) is 0 Å². The monoisotopic (exact) mass is 356 g/mol. The van der Waals surface area contributed by atoms with Crippen LogP contribution in [-0.4, -0.2) is 53.0 Å². The van der Waals surface area contributed by atoms with Crippen molar-refractivity contribution in [2.45, 2.75) is 84.2 Å². The summed E-state index contributed by atoms with van der Waals surface area (Å²) in [5, 5.41) is 20.9. The van der Waals surface area contributed by atoms with Crippen LogP contribution in [0.15, 0.2) is 0 Å². The normalized spacial score (nSPS) is 40.9. The second-order valence-corrected chi connectivity index (χ2v) is 8.22. The highest BCUT2D eigenvalue weighted by Crippen LogP contribution is 2.34. The topological polar surface area (TPSA) is 96.4 Å². The number of fused-ring (bicyclic) bond motifs is 1. The van der Waals surface area contributed by atoms with Crippen molar-refractivity contribution < 1.29 is 29.3 Å². The Morgan fingerprint density at radius 2 is 1.68 bits per heavy atom. The van der Waals surface area contributed by atoms with Gasteiger partial charge in [-0.3, -0.25) is 9.59 Å². The predicted molar refractivity (Wildman–Crippen MR) is 91.8 cm³/mol. The molecule has 0 aliphatic carbocycles. The van der Waals surface area contributed by atoms with Crippen molar-refractivity contribution in [3.63, 3.8) is 0 Å². The van der Waals surface area contributed by atoms with Crippen LogP contribution in [0.5, 0.6) is 0 Å². The van der Waals surface area contributed by atoms with Gasteiger partial charge >= 0.3 is 5.97 Å². The highest BCUT2D eigenvalue weighted by atomic mass is 16.6. The molecular formula is C19H32O6. The van der Waals surface area contributed by atoms with Gasteiger partial charge < -0.3 is 19.7 Å². The first-order valence-electron chi connectivity index (χ1n) is 9.36. The van der Waals surface area contributed by atoms with Crippen LogP contribution in [0.3, 0.4) is 0 Å². The molecule has 0 bridgehead atoms. The molecule has 25 heavy (non-hydrogen) atoms. The van der Waals surface area contributed by atoms with E-state index in [-0.39, 0.29) is 36.9 Å². The second kappa shape index (κ2) is 8.14. The number of esters is 1. The van der Waals surface area contributed by atoms with E-state index in [4.69, 9.17) is 9.47 Å². The van der Waals surface area contributed by atoms with Crippen molar-refractivity contribution in [2.24, 2.45) is 17.3 Å². The zero-order valence-electron chi connectivity index (χ0n) is 15.7. The summed E-state index contributed by atoms with van der Waals surface area (Å²) in [4.78, 5) is 24.7. The highest BCUT2D eigenvalue weighted by Gasteiger charge is 2.43. The number of carbonyl (C=O) groups excluding carboxylic acids is 2. The molecule has 2 N–H and O–H groups in total. The summed E-state index contributed by atoms with van der Waals surface area (Å²) < 4.78 is 10.7. The van der Waals surface area contributed by atoms with E-state index in [1.807, 2.05) is 6.92 Å². The van der Waals surface area contributed by atoms with Gasteiger partial charge in [0.15, 0.2) is 0 Å². The average molecular weight is 356 g/mol. The lowest BCUT2D eigenvalue weighted by Gasteiger charge is -2.34. The van der Waals surface area contributed by atoms with Crippen molar-refractivity contribution in [2.75, 3.05) is 6.61 Å². The smallest absolute Gasteiger partial charge is 0.308 e. The van der Waals surface area contributed by atoms with Crippen LogP contribution in [0, 0.1) is 17.3 Å². The summed E-state index contributed by atoms with van der Waals surface area (Å²) in [5.74, 6) is -1.36. The minimum atomic E-state index is -1.14. The van der Waals surface area contributed by atoms with Crippen LogP contribution in [-0.2, 0) is 19.1 Å². The number of hydrogen-bond donors (Lipinski definition) is 2. The van der Waals surface area contributed by atoms with E-state index in [1.54, 1.807) is 20.8 Å². The molecule has 2 fully saturated rings. The Kier molecular flexibility index (Phi) is 6.62. The fourth-order valence-corrected chi connectivity index (χ4v) is 3.66. The number of Topliss-reactive ketones (excluding diaryl/α,β-unsaturated/α-hetero) is 1. The number of epoxide rings is 1. The molecule has 0 spiro atoms. The zero-order valence-corrected chi connectivity index (χ0v) is 15.7. The van der Waals surface area contributed by atoms with Crippen molar-refractivity contribution in [1.82, 2.24) is 0 Å². The second-order valence-electron chi connectivity index (χ2n) is 8.22. The van der Waals surface area contributed by atoms with Crippen LogP contribution in [0.25, 0.3) is 0 Å². The molecule has 2 aliphatic heterocycles. The molecule has 0 aromatic heterocycles. The quantitative estimate of drug-likeness (QED) is 0.508. The van der Waals surface area contributed by atoms with E-state index in [9.17, 15) is 19.8 Å². The van der Waals surface area contributed by atoms with Crippen LogP contribution in [0.1, 0.15) is 59.8 Å². The largest absolute Gasteiger partial charge is 0.465 e. The van der Waals surface area contributed by atoms with E-state index in [0.717, 1.165) is 19.3 Å². The standard InChI is InChI=1S/C19H32O6/c1-11-6-5-7-13-14(25-13)8-9-24-16(21)10-15(20)19(3,4)18(23)12(2)17(11)22/h11-15,17,20,22H,5-10H2,1-4H3. The van der Waals surface area contributed by atoms with Gasteiger partial charge in [0.05, 0.1) is 42.9 Å². The molecule has 0 aromatic carbocycles. The molecule has 144 valence electrons. The van der Waals surface area contributed by atoms with Gasteiger partial charge in [-0.1, -0.05) is 34.1 Å². The molecule has 2 heterocycles. The van der Waals surface area contributed by atoms with Gasteiger partial charge in [0.25, 0.3) is 0 Å². The molecule has 0 saturated carbocycles. The third-order valence-electron chi connectivity index (χ3n) is 5.84. The fourth-order valence-electron chi connectivity index (χ4n) is 3.66. The number of carbonyl (C=O) groups is 2. The van der Waals surface area contributed by atoms with Gasteiger partial charge in [-0.15, -0.1) is 0 Å². The minimum absolute atomic E-state index is 0.0121. The lowest BCUT2D eigenvalue weighted by Crippen LogP contribution is -2.45. The number of aliphatic hydroxyl groups excluding tert-OH is 2. The minimum Gasteiger partial charge on any atom is -0.465 e. The average Bonchev–Trinajstić information content (AvgIpc) is 3.29.